The lowest BCUT2D eigenvalue weighted by Gasteiger charge is -2.35. The van der Waals surface area contributed by atoms with Gasteiger partial charge in [0.2, 0.25) is 0 Å². The molecule has 2 fully saturated rings. The van der Waals surface area contributed by atoms with Crippen LogP contribution >= 0.6 is 0 Å². The molecule has 2 aliphatic rings. The lowest BCUT2D eigenvalue weighted by atomic mass is 10.2. The van der Waals surface area contributed by atoms with Crippen LogP contribution in [0.2, 0.25) is 0 Å². The predicted molar refractivity (Wildman–Crippen MR) is 66.9 cm³/mol. The molecule has 3 rings (SSSR count). The van der Waals surface area contributed by atoms with Gasteiger partial charge in [0.05, 0.1) is 12.7 Å². The Labute approximate surface area is 114 Å². The number of fused-ring (bicyclic) bond motifs is 1. The molecule has 1 N–H and O–H groups in total. The second-order valence-corrected chi connectivity index (χ2v) is 5.22. The molecule has 1 aromatic heterocycles. The van der Waals surface area contributed by atoms with Crippen molar-refractivity contribution >= 4 is 5.82 Å². The van der Waals surface area contributed by atoms with Crippen molar-refractivity contribution in [3.63, 3.8) is 0 Å². The number of nitrogens with zero attached hydrogens (tertiary/aromatic N) is 2. The van der Waals surface area contributed by atoms with Crippen LogP contribution in [0.15, 0.2) is 6.07 Å². The monoisotopic (exact) mass is 287 g/mol. The van der Waals surface area contributed by atoms with Gasteiger partial charge in [-0.25, -0.2) is 8.78 Å². The normalized spacial score (nSPS) is 26.6. The summed E-state index contributed by atoms with van der Waals surface area (Å²) in [5.74, 6) is -3.78. The zero-order chi connectivity index (χ0) is 14.1. The van der Waals surface area contributed by atoms with E-state index in [2.05, 4.69) is 15.2 Å². The van der Waals surface area contributed by atoms with Crippen LogP contribution in [0.1, 0.15) is 12.8 Å². The highest BCUT2D eigenvalue weighted by atomic mass is 19.2. The summed E-state index contributed by atoms with van der Waals surface area (Å²) >= 11 is 0. The van der Waals surface area contributed by atoms with Crippen molar-refractivity contribution in [3.8, 4) is 0 Å². The highest BCUT2D eigenvalue weighted by Gasteiger charge is 2.32. The number of rotatable bonds is 3. The summed E-state index contributed by atoms with van der Waals surface area (Å²) < 4.78 is 44.8. The molecule has 7 heteroatoms. The topological polar surface area (TPSA) is 37.4 Å². The Bertz CT molecular complexity index is 500. The highest BCUT2D eigenvalue weighted by Crippen LogP contribution is 2.23. The molecule has 2 saturated heterocycles. The van der Waals surface area contributed by atoms with Gasteiger partial charge in [-0.1, -0.05) is 0 Å². The van der Waals surface area contributed by atoms with Crippen molar-refractivity contribution in [2.24, 2.45) is 0 Å². The molecular formula is C13H16F3N3O. The summed E-state index contributed by atoms with van der Waals surface area (Å²) in [5.41, 5.74) is 0. The molecule has 20 heavy (non-hydrogen) atoms. The van der Waals surface area contributed by atoms with Crippen molar-refractivity contribution in [2.45, 2.75) is 25.0 Å². The van der Waals surface area contributed by atoms with E-state index >= 15 is 0 Å². The third-order valence-electron chi connectivity index (χ3n) is 3.85. The fraction of sp³-hybridized carbons (Fsp3) is 0.615. The van der Waals surface area contributed by atoms with Crippen LogP contribution in [0.4, 0.5) is 19.0 Å². The van der Waals surface area contributed by atoms with Crippen molar-refractivity contribution in [1.82, 2.24) is 9.88 Å². The minimum atomic E-state index is -1.31. The van der Waals surface area contributed by atoms with Crippen LogP contribution < -0.4 is 5.32 Å². The zero-order valence-electron chi connectivity index (χ0n) is 10.9. The average Bonchev–Trinajstić information content (AvgIpc) is 2.89. The smallest absolute Gasteiger partial charge is 0.251 e. The zero-order valence-corrected chi connectivity index (χ0v) is 10.9. The van der Waals surface area contributed by atoms with Gasteiger partial charge in [-0.2, -0.15) is 9.37 Å². The Balaban J connectivity index is 1.58. The van der Waals surface area contributed by atoms with Crippen molar-refractivity contribution in [1.29, 1.82) is 0 Å². The Morgan fingerprint density at radius 3 is 3.05 bits per heavy atom. The first-order valence-electron chi connectivity index (χ1n) is 6.74. The van der Waals surface area contributed by atoms with Crippen LogP contribution in [-0.2, 0) is 4.74 Å². The maximum Gasteiger partial charge on any atom is 0.251 e. The number of hydrogen-bond donors (Lipinski definition) is 1. The molecule has 0 spiro atoms. The Morgan fingerprint density at radius 2 is 2.20 bits per heavy atom. The average molecular weight is 287 g/mol. The molecule has 0 radical (unpaired) electrons. The molecule has 0 aliphatic carbocycles. The quantitative estimate of drug-likeness (QED) is 0.860. The van der Waals surface area contributed by atoms with E-state index in [-0.39, 0.29) is 11.9 Å². The highest BCUT2D eigenvalue weighted by molar-refractivity contribution is 5.36. The van der Waals surface area contributed by atoms with Gasteiger partial charge in [0, 0.05) is 25.2 Å². The van der Waals surface area contributed by atoms with Gasteiger partial charge in [-0.05, 0) is 19.4 Å². The maximum absolute atomic E-state index is 13.4. The maximum atomic E-state index is 13.4. The van der Waals surface area contributed by atoms with Gasteiger partial charge in [0.15, 0.2) is 17.5 Å². The van der Waals surface area contributed by atoms with E-state index in [9.17, 15) is 13.2 Å². The van der Waals surface area contributed by atoms with E-state index in [4.69, 9.17) is 4.74 Å². The molecule has 2 unspecified atom stereocenters. The lowest BCUT2D eigenvalue weighted by Crippen LogP contribution is -2.48. The molecular weight excluding hydrogens is 271 g/mol. The number of aromatic nitrogens is 1. The van der Waals surface area contributed by atoms with Gasteiger partial charge in [-0.3, -0.25) is 4.90 Å². The van der Waals surface area contributed by atoms with Gasteiger partial charge in [0.25, 0.3) is 5.95 Å². The largest absolute Gasteiger partial charge is 0.373 e. The Morgan fingerprint density at radius 1 is 1.35 bits per heavy atom. The number of nitrogens with one attached hydrogen (secondary N) is 1. The minimum absolute atomic E-state index is 0.0985. The molecule has 1 aromatic rings. The van der Waals surface area contributed by atoms with Gasteiger partial charge < -0.3 is 10.1 Å². The second-order valence-electron chi connectivity index (χ2n) is 5.22. The number of morpholine rings is 1. The second kappa shape index (κ2) is 5.57. The summed E-state index contributed by atoms with van der Waals surface area (Å²) in [6.45, 7) is 2.81. The van der Waals surface area contributed by atoms with E-state index in [1.807, 2.05) is 0 Å². The van der Waals surface area contributed by atoms with E-state index in [0.717, 1.165) is 19.5 Å². The van der Waals surface area contributed by atoms with Crippen LogP contribution in [0.3, 0.4) is 0 Å². The predicted octanol–water partition coefficient (Wildman–Crippen LogP) is 1.77. The fourth-order valence-corrected chi connectivity index (χ4v) is 2.79. The van der Waals surface area contributed by atoms with Gasteiger partial charge in [-0.15, -0.1) is 0 Å². The number of ether oxygens (including phenoxy) is 1. The van der Waals surface area contributed by atoms with Crippen molar-refractivity contribution < 1.29 is 17.9 Å². The number of anilines is 1. The molecule has 0 amide bonds. The summed E-state index contributed by atoms with van der Waals surface area (Å²) in [5, 5.41) is 2.69. The van der Waals surface area contributed by atoms with Crippen LogP contribution in [0.25, 0.3) is 0 Å². The minimum Gasteiger partial charge on any atom is -0.373 e. The number of pyridine rings is 1. The van der Waals surface area contributed by atoms with Gasteiger partial charge >= 0.3 is 0 Å². The van der Waals surface area contributed by atoms with Crippen molar-refractivity contribution in [3.05, 3.63) is 23.6 Å². The molecule has 2 aliphatic heterocycles. The molecule has 0 bridgehead atoms. The summed E-state index contributed by atoms with van der Waals surface area (Å²) in [4.78, 5) is 5.58. The summed E-state index contributed by atoms with van der Waals surface area (Å²) in [6, 6.07) is 0.979. The number of halogens is 3. The summed E-state index contributed by atoms with van der Waals surface area (Å²) in [6.07, 6.45) is 2.23. The van der Waals surface area contributed by atoms with Gasteiger partial charge in [0.1, 0.15) is 0 Å². The van der Waals surface area contributed by atoms with E-state index in [0.29, 0.717) is 25.3 Å². The molecule has 0 saturated carbocycles. The Hall–Kier alpha value is -1.34. The van der Waals surface area contributed by atoms with Crippen LogP contribution in [0, 0.1) is 17.6 Å². The van der Waals surface area contributed by atoms with E-state index in [1.165, 1.54) is 6.42 Å². The third-order valence-corrected chi connectivity index (χ3v) is 3.85. The van der Waals surface area contributed by atoms with Crippen LogP contribution in [0.5, 0.6) is 0 Å². The van der Waals surface area contributed by atoms with Crippen molar-refractivity contribution in [2.75, 3.05) is 31.6 Å². The molecule has 110 valence electrons. The molecule has 3 heterocycles. The first-order valence-corrected chi connectivity index (χ1v) is 6.74. The van der Waals surface area contributed by atoms with E-state index in [1.54, 1.807) is 0 Å². The third kappa shape index (κ3) is 2.73. The molecule has 0 aromatic carbocycles. The van der Waals surface area contributed by atoms with E-state index < -0.39 is 17.6 Å². The molecule has 4 nitrogen and oxygen atoms in total. The standard InChI is InChI=1S/C13H16F3N3O/c14-10-4-11(15)13(18-12(10)16)17-5-9-6-19-3-1-2-8(19)7-20-9/h4,8-9H,1-3,5-7H2,(H,17,18). The fourth-order valence-electron chi connectivity index (χ4n) is 2.79. The number of hydrogen-bond acceptors (Lipinski definition) is 4. The molecule has 2 atom stereocenters. The lowest BCUT2D eigenvalue weighted by molar-refractivity contribution is -0.0416. The Kier molecular flexibility index (Phi) is 3.80. The SMILES string of the molecule is Fc1cc(F)c(NCC2CN3CCCC3CO2)nc1F. The first-order chi connectivity index (χ1) is 9.63. The van der Waals surface area contributed by atoms with Crippen LogP contribution in [-0.4, -0.2) is 48.3 Å². The summed E-state index contributed by atoms with van der Waals surface area (Å²) in [7, 11) is 0. The first kappa shape index (κ1) is 13.6.